The van der Waals surface area contributed by atoms with Crippen LogP contribution in [0.25, 0.3) is 0 Å². The quantitative estimate of drug-likeness (QED) is 0.927. The highest BCUT2D eigenvalue weighted by atomic mass is 16.5. The van der Waals surface area contributed by atoms with Gasteiger partial charge in [-0.05, 0) is 61.8 Å². The van der Waals surface area contributed by atoms with E-state index in [0.717, 1.165) is 24.2 Å². The van der Waals surface area contributed by atoms with Crippen molar-refractivity contribution in [3.63, 3.8) is 0 Å². The summed E-state index contributed by atoms with van der Waals surface area (Å²) >= 11 is 0. The van der Waals surface area contributed by atoms with E-state index in [2.05, 4.69) is 0 Å². The smallest absolute Gasteiger partial charge is 0.341 e. The van der Waals surface area contributed by atoms with E-state index in [1.807, 2.05) is 18.7 Å². The standard InChI is InChI=1S/C18H23NO4/c1-11-6-15(7-12(2)17(11)23-10-16(20)21)18(22)19-8-13-4-3-5-14(13)9-19/h6-7,13-14H,3-5,8-10H2,1-2H3,(H,20,21)/t13-,14-/m1/s1. The van der Waals surface area contributed by atoms with Gasteiger partial charge in [-0.2, -0.15) is 0 Å². The van der Waals surface area contributed by atoms with Gasteiger partial charge < -0.3 is 14.7 Å². The highest BCUT2D eigenvalue weighted by molar-refractivity contribution is 5.95. The molecule has 0 bridgehead atoms. The van der Waals surface area contributed by atoms with E-state index >= 15 is 0 Å². The predicted octanol–water partition coefficient (Wildman–Crippen LogP) is 2.64. The highest BCUT2D eigenvalue weighted by Gasteiger charge is 2.38. The van der Waals surface area contributed by atoms with Crippen molar-refractivity contribution in [1.82, 2.24) is 4.90 Å². The summed E-state index contributed by atoms with van der Waals surface area (Å²) in [5.41, 5.74) is 2.27. The second kappa shape index (κ2) is 6.22. The lowest BCUT2D eigenvalue weighted by atomic mass is 10.0. The fraction of sp³-hybridized carbons (Fsp3) is 0.556. The molecule has 0 aromatic heterocycles. The van der Waals surface area contributed by atoms with Crippen molar-refractivity contribution >= 4 is 11.9 Å². The SMILES string of the molecule is Cc1cc(C(=O)N2C[C@H]3CCC[C@@H]3C2)cc(C)c1OCC(=O)O. The zero-order valence-corrected chi connectivity index (χ0v) is 13.7. The molecule has 1 aromatic rings. The lowest BCUT2D eigenvalue weighted by molar-refractivity contribution is -0.139. The van der Waals surface area contributed by atoms with Gasteiger partial charge in [0.2, 0.25) is 0 Å². The molecule has 5 nitrogen and oxygen atoms in total. The molecule has 1 heterocycles. The predicted molar refractivity (Wildman–Crippen MR) is 85.8 cm³/mol. The van der Waals surface area contributed by atoms with Crippen LogP contribution in [0.2, 0.25) is 0 Å². The molecule has 1 aliphatic heterocycles. The number of aliphatic carboxylic acids is 1. The van der Waals surface area contributed by atoms with Crippen molar-refractivity contribution in [2.24, 2.45) is 11.8 Å². The first kappa shape index (κ1) is 15.8. The summed E-state index contributed by atoms with van der Waals surface area (Å²) in [6.45, 7) is 5.07. The van der Waals surface area contributed by atoms with E-state index in [0.29, 0.717) is 23.1 Å². The molecule has 2 fully saturated rings. The molecule has 1 aliphatic carbocycles. The van der Waals surface area contributed by atoms with Gasteiger partial charge in [-0.15, -0.1) is 0 Å². The normalized spacial score (nSPS) is 23.0. The Balaban J connectivity index is 1.75. The number of hydrogen-bond acceptors (Lipinski definition) is 3. The number of aryl methyl sites for hydroxylation is 2. The van der Waals surface area contributed by atoms with Crippen LogP contribution in [0.1, 0.15) is 40.7 Å². The Bertz CT molecular complexity index is 605. The van der Waals surface area contributed by atoms with E-state index in [1.54, 1.807) is 12.1 Å². The second-order valence-electron chi connectivity index (χ2n) is 6.78. The zero-order valence-electron chi connectivity index (χ0n) is 13.7. The minimum absolute atomic E-state index is 0.0791. The Morgan fingerprint density at radius 3 is 2.26 bits per heavy atom. The number of hydrogen-bond donors (Lipinski definition) is 1. The maximum atomic E-state index is 12.8. The largest absolute Gasteiger partial charge is 0.481 e. The minimum Gasteiger partial charge on any atom is -0.481 e. The van der Waals surface area contributed by atoms with Gasteiger partial charge in [-0.25, -0.2) is 4.79 Å². The fourth-order valence-corrected chi connectivity index (χ4v) is 4.02. The van der Waals surface area contributed by atoms with Gasteiger partial charge in [0.15, 0.2) is 6.61 Å². The third-order valence-electron chi connectivity index (χ3n) is 5.06. The van der Waals surface area contributed by atoms with Gasteiger partial charge in [0, 0.05) is 18.7 Å². The number of fused-ring (bicyclic) bond motifs is 1. The van der Waals surface area contributed by atoms with Gasteiger partial charge in [-0.1, -0.05) is 6.42 Å². The topological polar surface area (TPSA) is 66.8 Å². The van der Waals surface area contributed by atoms with Gasteiger partial charge in [-0.3, -0.25) is 4.79 Å². The van der Waals surface area contributed by atoms with Crippen molar-refractivity contribution in [3.8, 4) is 5.75 Å². The maximum absolute atomic E-state index is 12.8. The van der Waals surface area contributed by atoms with Crippen LogP contribution in [0.5, 0.6) is 5.75 Å². The van der Waals surface area contributed by atoms with Crippen molar-refractivity contribution in [2.45, 2.75) is 33.1 Å². The number of carbonyl (C=O) groups excluding carboxylic acids is 1. The summed E-state index contributed by atoms with van der Waals surface area (Å²) in [7, 11) is 0. The summed E-state index contributed by atoms with van der Waals surface area (Å²) in [6.07, 6.45) is 3.79. The van der Waals surface area contributed by atoms with Crippen LogP contribution in [-0.2, 0) is 4.79 Å². The summed E-state index contributed by atoms with van der Waals surface area (Å²) in [5, 5.41) is 8.74. The average Bonchev–Trinajstić information content (AvgIpc) is 3.06. The number of benzene rings is 1. The van der Waals surface area contributed by atoms with Crippen LogP contribution in [0, 0.1) is 25.7 Å². The number of carboxylic acids is 1. The number of nitrogens with zero attached hydrogens (tertiary/aromatic N) is 1. The van der Waals surface area contributed by atoms with Gasteiger partial charge in [0.1, 0.15) is 5.75 Å². The first-order valence-electron chi connectivity index (χ1n) is 8.21. The average molecular weight is 317 g/mol. The molecular weight excluding hydrogens is 294 g/mol. The Morgan fingerprint density at radius 1 is 1.17 bits per heavy atom. The van der Waals surface area contributed by atoms with Crippen molar-refractivity contribution in [3.05, 3.63) is 28.8 Å². The van der Waals surface area contributed by atoms with Crippen LogP contribution in [-0.4, -0.2) is 41.6 Å². The number of ether oxygens (including phenoxy) is 1. The third-order valence-corrected chi connectivity index (χ3v) is 5.06. The van der Waals surface area contributed by atoms with Crippen LogP contribution >= 0.6 is 0 Å². The molecule has 1 aromatic carbocycles. The monoisotopic (exact) mass is 317 g/mol. The molecule has 1 saturated heterocycles. The number of likely N-dealkylation sites (tertiary alicyclic amines) is 1. The molecule has 0 unspecified atom stereocenters. The molecule has 2 aliphatic rings. The number of carbonyl (C=O) groups is 2. The Morgan fingerprint density at radius 2 is 1.74 bits per heavy atom. The first-order chi connectivity index (χ1) is 11.0. The summed E-state index contributed by atoms with van der Waals surface area (Å²) < 4.78 is 5.33. The first-order valence-corrected chi connectivity index (χ1v) is 8.21. The molecule has 1 saturated carbocycles. The fourth-order valence-electron chi connectivity index (χ4n) is 4.02. The van der Waals surface area contributed by atoms with Crippen molar-refractivity contribution in [1.29, 1.82) is 0 Å². The van der Waals surface area contributed by atoms with Gasteiger partial charge >= 0.3 is 5.97 Å². The maximum Gasteiger partial charge on any atom is 0.341 e. The van der Waals surface area contributed by atoms with E-state index in [4.69, 9.17) is 9.84 Å². The minimum atomic E-state index is -1.01. The van der Waals surface area contributed by atoms with E-state index < -0.39 is 5.97 Å². The highest BCUT2D eigenvalue weighted by Crippen LogP contribution is 2.38. The molecule has 2 atom stereocenters. The van der Waals surface area contributed by atoms with Crippen molar-refractivity contribution < 1.29 is 19.4 Å². The molecular formula is C18H23NO4. The van der Waals surface area contributed by atoms with Gasteiger partial charge in [0.05, 0.1) is 0 Å². The van der Waals surface area contributed by atoms with E-state index in [9.17, 15) is 9.59 Å². The second-order valence-corrected chi connectivity index (χ2v) is 6.78. The molecule has 1 amide bonds. The molecule has 5 heteroatoms. The van der Waals surface area contributed by atoms with Crippen LogP contribution in [0.4, 0.5) is 0 Å². The Labute approximate surface area is 136 Å². The van der Waals surface area contributed by atoms with Crippen LogP contribution in [0.3, 0.4) is 0 Å². The van der Waals surface area contributed by atoms with E-state index in [-0.39, 0.29) is 12.5 Å². The third kappa shape index (κ3) is 3.19. The lowest BCUT2D eigenvalue weighted by Crippen LogP contribution is -2.29. The molecule has 23 heavy (non-hydrogen) atoms. The number of carboxylic acid groups (broad SMARTS) is 1. The van der Waals surface area contributed by atoms with E-state index in [1.165, 1.54) is 19.3 Å². The molecule has 3 rings (SSSR count). The lowest BCUT2D eigenvalue weighted by Gasteiger charge is -2.19. The summed E-state index contributed by atoms with van der Waals surface area (Å²) in [6, 6.07) is 3.61. The molecule has 124 valence electrons. The molecule has 0 spiro atoms. The molecule has 1 N–H and O–H groups in total. The summed E-state index contributed by atoms with van der Waals surface area (Å²) in [4.78, 5) is 25.4. The van der Waals surface area contributed by atoms with Gasteiger partial charge in [0.25, 0.3) is 5.91 Å². The Hall–Kier alpha value is -2.04. The van der Waals surface area contributed by atoms with Crippen LogP contribution < -0.4 is 4.74 Å². The number of rotatable bonds is 4. The zero-order chi connectivity index (χ0) is 16.6. The van der Waals surface area contributed by atoms with Crippen molar-refractivity contribution in [2.75, 3.05) is 19.7 Å². The molecule has 0 radical (unpaired) electrons. The Kier molecular flexibility index (Phi) is 4.28. The number of amides is 1. The summed E-state index contributed by atoms with van der Waals surface area (Å²) in [5.74, 6) is 0.990. The van der Waals surface area contributed by atoms with Crippen LogP contribution in [0.15, 0.2) is 12.1 Å².